The number of thioether (sulfide) groups is 1. The van der Waals surface area contributed by atoms with E-state index < -0.39 is 64.3 Å². The summed E-state index contributed by atoms with van der Waals surface area (Å²) in [5.41, 5.74) is 4.79. The van der Waals surface area contributed by atoms with Crippen molar-refractivity contribution >= 4 is 62.8 Å². The van der Waals surface area contributed by atoms with Gasteiger partial charge in [-0.25, -0.2) is 14.2 Å². The van der Waals surface area contributed by atoms with Crippen molar-refractivity contribution in [1.82, 2.24) is 31.2 Å². The number of thiophene rings is 1. The van der Waals surface area contributed by atoms with Crippen LogP contribution in [0.5, 0.6) is 0 Å². The molecule has 0 radical (unpaired) electrons. The molecule has 4 amide bonds. The molecule has 0 saturated carbocycles. The molecule has 0 unspecified atom stereocenters. The van der Waals surface area contributed by atoms with Crippen molar-refractivity contribution in [1.29, 1.82) is 0 Å². The van der Waals surface area contributed by atoms with Crippen LogP contribution in [0.4, 0.5) is 4.39 Å². The maximum atomic E-state index is 15.2. The van der Waals surface area contributed by atoms with Gasteiger partial charge in [-0.15, -0.1) is 23.1 Å². The molecule has 70 heavy (non-hydrogen) atoms. The number of fused-ring (bicyclic) bond motifs is 1. The Morgan fingerprint density at radius 2 is 1.11 bits per heavy atom. The number of carboxylic acid groups (broad SMARTS) is 1. The number of nitrogens with zero attached hydrogens (tertiary/aromatic N) is 1. The first kappa shape index (κ1) is 48.6. The lowest BCUT2D eigenvalue weighted by Gasteiger charge is -2.36. The molecule has 0 aliphatic heterocycles. The van der Waals surface area contributed by atoms with Gasteiger partial charge in [0.1, 0.15) is 30.0 Å². The molecule has 6 N–H and O–H groups in total. The van der Waals surface area contributed by atoms with Gasteiger partial charge in [0.15, 0.2) is 0 Å². The lowest BCUT2D eigenvalue weighted by Crippen LogP contribution is -2.59. The van der Waals surface area contributed by atoms with Gasteiger partial charge in [-0.1, -0.05) is 140 Å². The second kappa shape index (κ2) is 22.9. The highest BCUT2D eigenvalue weighted by molar-refractivity contribution is 8.00. The number of halogens is 1. The SMILES string of the molecule is O=C(N[C@H](CSC(c1ccccc1)(c1ccccc1)c1ccccc1)C(=O)N[C@@H](Cc1csc2ccccc12)C(=O)N[C@H](Cc1ccccc1)C(=O)N[C@@H](Cc1cnc[nH]1)C(=O)O)c1ccc(F)cc1. The summed E-state index contributed by atoms with van der Waals surface area (Å²) in [5.74, 6) is -4.65. The summed E-state index contributed by atoms with van der Waals surface area (Å²) >= 11 is 2.91. The fraction of sp³-hybridized carbons (Fsp3) is 0.164. The predicted molar refractivity (Wildman–Crippen MR) is 271 cm³/mol. The molecule has 6 aromatic carbocycles. The van der Waals surface area contributed by atoms with Gasteiger partial charge in [0.2, 0.25) is 17.7 Å². The van der Waals surface area contributed by atoms with E-state index in [9.17, 15) is 28.7 Å². The van der Waals surface area contributed by atoms with E-state index in [0.717, 1.165) is 44.5 Å². The monoisotopic (exact) mass is 972 g/mol. The van der Waals surface area contributed by atoms with Gasteiger partial charge in [-0.05, 0) is 68.9 Å². The third kappa shape index (κ3) is 11.9. The van der Waals surface area contributed by atoms with Crippen LogP contribution in [0, 0.1) is 5.82 Å². The number of carboxylic acids is 1. The van der Waals surface area contributed by atoms with Crippen molar-refractivity contribution in [2.75, 3.05) is 5.75 Å². The summed E-state index contributed by atoms with van der Waals surface area (Å²) in [5, 5.41) is 24.3. The van der Waals surface area contributed by atoms with E-state index in [1.165, 1.54) is 47.8 Å². The van der Waals surface area contributed by atoms with Crippen LogP contribution in [0.2, 0.25) is 0 Å². The summed E-state index contributed by atoms with van der Waals surface area (Å²) in [6.07, 6.45) is 2.76. The fourth-order valence-corrected chi connectivity index (χ4v) is 10.9. The highest BCUT2D eigenvalue weighted by Gasteiger charge is 2.40. The number of hydrogen-bond donors (Lipinski definition) is 6. The Labute approximate surface area is 412 Å². The lowest BCUT2D eigenvalue weighted by molar-refractivity contribution is -0.142. The van der Waals surface area contributed by atoms with Crippen molar-refractivity contribution in [3.63, 3.8) is 0 Å². The van der Waals surface area contributed by atoms with Crippen molar-refractivity contribution in [3.8, 4) is 0 Å². The van der Waals surface area contributed by atoms with E-state index in [0.29, 0.717) is 11.3 Å². The second-order valence-corrected chi connectivity index (χ2v) is 18.7. The smallest absolute Gasteiger partial charge is 0.326 e. The van der Waals surface area contributed by atoms with Gasteiger partial charge >= 0.3 is 5.97 Å². The number of aromatic amines is 1. The molecule has 354 valence electrons. The molecule has 0 aliphatic rings. The molecule has 8 rings (SSSR count). The minimum absolute atomic E-state index is 0.00735. The average Bonchev–Trinajstić information content (AvgIpc) is 4.07. The average molecular weight is 973 g/mol. The van der Waals surface area contributed by atoms with Crippen molar-refractivity contribution in [2.45, 2.75) is 48.2 Å². The molecule has 0 saturated heterocycles. The normalized spacial score (nSPS) is 13.0. The number of rotatable bonds is 21. The molecule has 2 heterocycles. The zero-order valence-electron chi connectivity index (χ0n) is 37.7. The van der Waals surface area contributed by atoms with Gasteiger partial charge in [-0.2, -0.15) is 0 Å². The number of carbonyl (C=O) groups is 5. The summed E-state index contributed by atoms with van der Waals surface area (Å²) in [4.78, 5) is 77.6. The van der Waals surface area contributed by atoms with Crippen LogP contribution in [-0.4, -0.2) is 74.6 Å². The molecule has 0 fully saturated rings. The van der Waals surface area contributed by atoms with Crippen LogP contribution in [-0.2, 0) is 43.2 Å². The van der Waals surface area contributed by atoms with Crippen LogP contribution in [0.1, 0.15) is 43.9 Å². The van der Waals surface area contributed by atoms with E-state index in [2.05, 4.69) is 31.2 Å². The molecule has 4 atom stereocenters. The number of imidazole rings is 1. The Morgan fingerprint density at radius 3 is 1.67 bits per heavy atom. The number of benzene rings is 6. The van der Waals surface area contributed by atoms with E-state index in [4.69, 9.17) is 0 Å². The summed E-state index contributed by atoms with van der Waals surface area (Å²) in [6, 6.07) is 45.9. The zero-order chi connectivity index (χ0) is 48.9. The van der Waals surface area contributed by atoms with E-state index in [-0.39, 0.29) is 30.6 Å². The van der Waals surface area contributed by atoms with Gasteiger partial charge in [0.25, 0.3) is 5.91 Å². The lowest BCUT2D eigenvalue weighted by atomic mass is 9.84. The van der Waals surface area contributed by atoms with Crippen LogP contribution in [0.15, 0.2) is 188 Å². The van der Waals surface area contributed by atoms with Crippen molar-refractivity contribution < 1.29 is 33.5 Å². The Hall–Kier alpha value is -7.88. The topological polar surface area (TPSA) is 182 Å². The van der Waals surface area contributed by atoms with Gasteiger partial charge in [0, 0.05) is 47.2 Å². The summed E-state index contributed by atoms with van der Waals surface area (Å²) in [6.45, 7) is 0. The number of nitrogens with one attached hydrogen (secondary N) is 5. The molecule has 8 aromatic rings. The highest BCUT2D eigenvalue weighted by Crippen LogP contribution is 2.48. The number of aliphatic carboxylic acids is 1. The third-order valence-electron chi connectivity index (χ3n) is 11.9. The fourth-order valence-electron chi connectivity index (χ4n) is 8.32. The van der Waals surface area contributed by atoms with Crippen molar-refractivity contribution in [3.05, 3.63) is 233 Å². The minimum atomic E-state index is -1.37. The molecule has 0 aliphatic carbocycles. The Balaban J connectivity index is 1.15. The predicted octanol–water partition coefficient (Wildman–Crippen LogP) is 7.85. The van der Waals surface area contributed by atoms with Crippen LogP contribution >= 0.6 is 23.1 Å². The molecular weight excluding hydrogens is 924 g/mol. The molecule has 12 nitrogen and oxygen atoms in total. The first-order valence-electron chi connectivity index (χ1n) is 22.5. The largest absolute Gasteiger partial charge is 0.480 e. The zero-order valence-corrected chi connectivity index (χ0v) is 39.3. The van der Waals surface area contributed by atoms with E-state index in [1.54, 1.807) is 24.3 Å². The number of amides is 4. The van der Waals surface area contributed by atoms with Crippen LogP contribution < -0.4 is 21.3 Å². The van der Waals surface area contributed by atoms with E-state index in [1.807, 2.05) is 127 Å². The quantitative estimate of drug-likeness (QED) is 0.0394. The first-order chi connectivity index (χ1) is 34.1. The second-order valence-electron chi connectivity index (χ2n) is 16.6. The van der Waals surface area contributed by atoms with Crippen LogP contribution in [0.3, 0.4) is 0 Å². The number of carbonyl (C=O) groups excluding carboxylic acids is 4. The number of hydrogen-bond acceptors (Lipinski definition) is 8. The Morgan fingerprint density at radius 1 is 0.600 bits per heavy atom. The minimum Gasteiger partial charge on any atom is -0.480 e. The van der Waals surface area contributed by atoms with E-state index >= 15 is 4.79 Å². The summed E-state index contributed by atoms with van der Waals surface area (Å²) < 4.78 is 14.1. The number of aromatic nitrogens is 2. The molecule has 15 heteroatoms. The first-order valence-corrected chi connectivity index (χ1v) is 24.4. The third-order valence-corrected chi connectivity index (χ3v) is 14.5. The standard InChI is InChI=1S/C55H49FN6O6S2/c56-42-27-25-37(26-28-42)50(63)62-48(34-70-55(39-17-7-2-8-18-39,40-19-9-3-10-20-40)41-21-11-4-12-22-41)53(66)60-46(30-38-33-69-49-24-14-13-23-44(38)49)52(65)59-45(29-36-15-5-1-6-16-36)51(64)61-47(54(67)68)31-43-32-57-35-58-43/h1-28,32-33,35,45-48H,29-31,34H2,(H,57,58)(H,59,65)(H,60,66)(H,61,64)(H,62,63)(H,67,68)/t45-,46+,47+,48-/m1/s1. The molecule has 0 spiro atoms. The van der Waals surface area contributed by atoms with Gasteiger partial charge in [-0.3, -0.25) is 19.2 Å². The maximum absolute atomic E-state index is 15.2. The van der Waals surface area contributed by atoms with Crippen LogP contribution in [0.25, 0.3) is 10.1 Å². The highest BCUT2D eigenvalue weighted by atomic mass is 32.2. The molecule has 2 aromatic heterocycles. The van der Waals surface area contributed by atoms with Gasteiger partial charge < -0.3 is 31.4 Å². The molecule has 0 bridgehead atoms. The van der Waals surface area contributed by atoms with Crippen molar-refractivity contribution in [2.24, 2.45) is 0 Å². The Kier molecular flexibility index (Phi) is 15.9. The van der Waals surface area contributed by atoms with Gasteiger partial charge in [0.05, 0.1) is 11.1 Å². The Bertz CT molecular complexity index is 2920. The number of H-pyrrole nitrogens is 1. The molecular formula is C55H49FN6O6S2. The summed E-state index contributed by atoms with van der Waals surface area (Å²) in [7, 11) is 0. The maximum Gasteiger partial charge on any atom is 0.326 e.